The van der Waals surface area contributed by atoms with E-state index in [0.717, 1.165) is 25.7 Å². The van der Waals surface area contributed by atoms with Crippen molar-refractivity contribution in [1.82, 2.24) is 4.90 Å². The number of aliphatic carboxylic acids is 1. The Morgan fingerprint density at radius 3 is 2.85 bits per heavy atom. The number of carbonyl (C=O) groups is 1. The second-order valence-electron chi connectivity index (χ2n) is 5.15. The van der Waals surface area contributed by atoms with Crippen LogP contribution in [-0.2, 0) is 4.79 Å². The van der Waals surface area contributed by atoms with Gasteiger partial charge in [-0.15, -0.1) is 0 Å². The summed E-state index contributed by atoms with van der Waals surface area (Å²) in [6.45, 7) is 4.50. The molecule has 5 heteroatoms. The molecular weight excluding hydrogens is 259 g/mol. The summed E-state index contributed by atoms with van der Waals surface area (Å²) in [5.74, 6) is -1.35. The van der Waals surface area contributed by atoms with Crippen LogP contribution in [0.4, 0.5) is 10.1 Å². The fraction of sp³-hybridized carbons (Fsp3) is 0.400. The molecular formula is C15H19FN2O2. The highest BCUT2D eigenvalue weighted by molar-refractivity contribution is 5.87. The van der Waals surface area contributed by atoms with Gasteiger partial charge < -0.3 is 14.9 Å². The molecule has 1 fully saturated rings. The Labute approximate surface area is 118 Å². The number of para-hydroxylation sites is 1. The zero-order chi connectivity index (χ0) is 14.7. The Kier molecular flexibility index (Phi) is 4.39. The number of halogens is 1. The molecule has 0 amide bonds. The molecule has 0 radical (unpaired) electrons. The van der Waals surface area contributed by atoms with Crippen LogP contribution in [0.1, 0.15) is 12.5 Å². The largest absolute Gasteiger partial charge is 0.478 e. The third-order valence-electron chi connectivity index (χ3n) is 3.54. The molecule has 1 aliphatic rings. The number of carboxylic acid groups (broad SMARTS) is 1. The molecule has 0 bridgehead atoms. The molecule has 1 atom stereocenters. The lowest BCUT2D eigenvalue weighted by Crippen LogP contribution is -2.51. The van der Waals surface area contributed by atoms with Gasteiger partial charge in [-0.2, -0.15) is 0 Å². The first kappa shape index (κ1) is 14.5. The van der Waals surface area contributed by atoms with Crippen molar-refractivity contribution in [3.05, 3.63) is 35.7 Å². The first-order valence-electron chi connectivity index (χ1n) is 6.63. The number of carboxylic acids is 1. The summed E-state index contributed by atoms with van der Waals surface area (Å²) in [6, 6.07) is 4.94. The number of anilines is 1. The van der Waals surface area contributed by atoms with Gasteiger partial charge in [-0.05, 0) is 26.1 Å². The summed E-state index contributed by atoms with van der Waals surface area (Å²) >= 11 is 0. The first-order valence-corrected chi connectivity index (χ1v) is 6.63. The lowest BCUT2D eigenvalue weighted by molar-refractivity contribution is -0.131. The second-order valence-corrected chi connectivity index (χ2v) is 5.15. The van der Waals surface area contributed by atoms with Crippen LogP contribution < -0.4 is 4.90 Å². The maximum atomic E-state index is 14.2. The summed E-state index contributed by atoms with van der Waals surface area (Å²) in [5, 5.41) is 8.73. The quantitative estimate of drug-likeness (QED) is 0.860. The van der Waals surface area contributed by atoms with Crippen molar-refractivity contribution in [2.75, 3.05) is 31.6 Å². The zero-order valence-corrected chi connectivity index (χ0v) is 11.7. The molecule has 1 N–H and O–H groups in total. The average Bonchev–Trinajstić information content (AvgIpc) is 2.37. The standard InChI is InChI=1S/C15H19FN2O2/c1-11-10-17(2)8-9-18(11)15-12(6-7-14(19)20)4-3-5-13(15)16/h3-7,11H,8-10H2,1-2H3,(H,19,20)/b7-6+. The Morgan fingerprint density at radius 2 is 2.20 bits per heavy atom. The van der Waals surface area contributed by atoms with E-state index in [2.05, 4.69) is 4.90 Å². The van der Waals surface area contributed by atoms with Crippen LogP contribution in [0.15, 0.2) is 24.3 Å². The van der Waals surface area contributed by atoms with Gasteiger partial charge in [0.1, 0.15) is 5.82 Å². The van der Waals surface area contributed by atoms with E-state index in [9.17, 15) is 9.18 Å². The third kappa shape index (κ3) is 3.17. The molecule has 1 unspecified atom stereocenters. The van der Waals surface area contributed by atoms with Crippen LogP contribution in [0.5, 0.6) is 0 Å². The highest BCUT2D eigenvalue weighted by Crippen LogP contribution is 2.28. The Balaban J connectivity index is 2.37. The molecule has 0 spiro atoms. The van der Waals surface area contributed by atoms with Crippen molar-refractivity contribution in [3.63, 3.8) is 0 Å². The maximum absolute atomic E-state index is 14.2. The minimum Gasteiger partial charge on any atom is -0.478 e. The predicted molar refractivity (Wildman–Crippen MR) is 77.4 cm³/mol. The van der Waals surface area contributed by atoms with Crippen LogP contribution in [0.3, 0.4) is 0 Å². The smallest absolute Gasteiger partial charge is 0.328 e. The molecule has 2 rings (SSSR count). The zero-order valence-electron chi connectivity index (χ0n) is 11.7. The summed E-state index contributed by atoms with van der Waals surface area (Å²) in [6.07, 6.45) is 2.49. The molecule has 1 aliphatic heterocycles. The average molecular weight is 278 g/mol. The number of likely N-dealkylation sites (N-methyl/N-ethyl adjacent to an activating group) is 1. The number of benzene rings is 1. The van der Waals surface area contributed by atoms with Crippen LogP contribution in [0, 0.1) is 5.82 Å². The van der Waals surface area contributed by atoms with E-state index in [0.29, 0.717) is 11.3 Å². The predicted octanol–water partition coefficient (Wildman–Crippen LogP) is 2.06. The lowest BCUT2D eigenvalue weighted by atomic mass is 10.1. The van der Waals surface area contributed by atoms with E-state index in [4.69, 9.17) is 5.11 Å². The minimum absolute atomic E-state index is 0.183. The summed E-state index contributed by atoms with van der Waals surface area (Å²) in [7, 11) is 2.04. The van der Waals surface area contributed by atoms with Gasteiger partial charge in [-0.3, -0.25) is 0 Å². The molecule has 1 heterocycles. The molecule has 108 valence electrons. The minimum atomic E-state index is -1.04. The highest BCUT2D eigenvalue weighted by Gasteiger charge is 2.25. The normalized spacial score (nSPS) is 20.6. The van der Waals surface area contributed by atoms with Crippen LogP contribution in [0.2, 0.25) is 0 Å². The topological polar surface area (TPSA) is 43.8 Å². The van der Waals surface area contributed by atoms with E-state index in [1.807, 2.05) is 18.9 Å². The fourth-order valence-corrected chi connectivity index (χ4v) is 2.60. The maximum Gasteiger partial charge on any atom is 0.328 e. The van der Waals surface area contributed by atoms with Crippen molar-refractivity contribution in [2.24, 2.45) is 0 Å². The molecule has 0 aliphatic carbocycles. The second kappa shape index (κ2) is 6.05. The van der Waals surface area contributed by atoms with E-state index in [-0.39, 0.29) is 11.9 Å². The van der Waals surface area contributed by atoms with E-state index in [1.165, 1.54) is 12.1 Å². The van der Waals surface area contributed by atoms with Crippen molar-refractivity contribution < 1.29 is 14.3 Å². The number of hydrogen-bond donors (Lipinski definition) is 1. The van der Waals surface area contributed by atoms with Gasteiger partial charge in [-0.25, -0.2) is 9.18 Å². The SMILES string of the molecule is CC1CN(C)CCN1c1c(F)cccc1/C=C/C(=O)O. The summed E-state index contributed by atoms with van der Waals surface area (Å²) in [5.41, 5.74) is 1.09. The Bertz CT molecular complexity index is 531. The number of hydrogen-bond acceptors (Lipinski definition) is 3. The molecule has 20 heavy (non-hydrogen) atoms. The molecule has 1 aromatic carbocycles. The monoisotopic (exact) mass is 278 g/mol. The van der Waals surface area contributed by atoms with Gasteiger partial charge in [-0.1, -0.05) is 12.1 Å². The number of rotatable bonds is 3. The van der Waals surface area contributed by atoms with Gasteiger partial charge in [0.15, 0.2) is 0 Å². The van der Waals surface area contributed by atoms with Gasteiger partial charge in [0.05, 0.1) is 5.69 Å². The van der Waals surface area contributed by atoms with Crippen molar-refractivity contribution >= 4 is 17.7 Å². The molecule has 1 aromatic rings. The van der Waals surface area contributed by atoms with E-state index in [1.54, 1.807) is 12.1 Å². The van der Waals surface area contributed by atoms with Crippen LogP contribution >= 0.6 is 0 Å². The van der Waals surface area contributed by atoms with Gasteiger partial charge in [0.25, 0.3) is 0 Å². The molecule has 4 nitrogen and oxygen atoms in total. The van der Waals surface area contributed by atoms with Gasteiger partial charge >= 0.3 is 5.97 Å². The highest BCUT2D eigenvalue weighted by atomic mass is 19.1. The van der Waals surface area contributed by atoms with Crippen molar-refractivity contribution in [1.29, 1.82) is 0 Å². The fourth-order valence-electron chi connectivity index (χ4n) is 2.60. The van der Waals surface area contributed by atoms with Crippen molar-refractivity contribution in [2.45, 2.75) is 13.0 Å². The molecule has 0 saturated carbocycles. The number of nitrogens with zero attached hydrogens (tertiary/aromatic N) is 2. The van der Waals surface area contributed by atoms with Crippen molar-refractivity contribution in [3.8, 4) is 0 Å². The van der Waals surface area contributed by atoms with Gasteiger partial charge in [0.2, 0.25) is 0 Å². The summed E-state index contributed by atoms with van der Waals surface area (Å²) < 4.78 is 14.2. The van der Waals surface area contributed by atoms with E-state index >= 15 is 0 Å². The van der Waals surface area contributed by atoms with Crippen LogP contribution in [-0.4, -0.2) is 48.7 Å². The van der Waals surface area contributed by atoms with Crippen LogP contribution in [0.25, 0.3) is 6.08 Å². The van der Waals surface area contributed by atoms with Gasteiger partial charge in [0, 0.05) is 37.3 Å². The third-order valence-corrected chi connectivity index (χ3v) is 3.54. The first-order chi connectivity index (χ1) is 9.49. The van der Waals surface area contributed by atoms with E-state index < -0.39 is 5.97 Å². The summed E-state index contributed by atoms with van der Waals surface area (Å²) in [4.78, 5) is 14.9. The lowest BCUT2D eigenvalue weighted by Gasteiger charge is -2.40. The molecule has 1 saturated heterocycles. The molecule has 0 aromatic heterocycles. The Hall–Kier alpha value is -1.88. The Morgan fingerprint density at radius 1 is 1.45 bits per heavy atom. The number of piperazine rings is 1.